The molecule has 2 amide bonds. The predicted molar refractivity (Wildman–Crippen MR) is 118 cm³/mol. The van der Waals surface area contributed by atoms with Gasteiger partial charge in [0.05, 0.1) is 5.52 Å². The summed E-state index contributed by atoms with van der Waals surface area (Å²) in [7, 11) is 0. The number of amides is 2. The second-order valence-corrected chi connectivity index (χ2v) is 7.49. The fourth-order valence-electron chi connectivity index (χ4n) is 3.38. The van der Waals surface area contributed by atoms with Crippen LogP contribution in [0.1, 0.15) is 16.8 Å². The second kappa shape index (κ2) is 8.51. The normalized spacial score (nSPS) is 15.8. The number of nitrogens with one attached hydrogen (secondary N) is 2. The highest BCUT2D eigenvalue weighted by Crippen LogP contribution is 2.21. The molecule has 7 nitrogen and oxygen atoms in total. The minimum absolute atomic E-state index is 0.0490. The van der Waals surface area contributed by atoms with E-state index < -0.39 is 0 Å². The molecule has 0 unspecified atom stereocenters. The van der Waals surface area contributed by atoms with Crippen molar-refractivity contribution in [3.8, 4) is 0 Å². The molecule has 2 heterocycles. The summed E-state index contributed by atoms with van der Waals surface area (Å²) < 4.78 is 0. The van der Waals surface area contributed by atoms with Crippen molar-refractivity contribution in [3.63, 3.8) is 0 Å². The third-order valence-corrected chi connectivity index (χ3v) is 5.17. The third kappa shape index (κ3) is 4.41. The van der Waals surface area contributed by atoms with Crippen molar-refractivity contribution in [1.29, 1.82) is 0 Å². The van der Waals surface area contributed by atoms with Crippen LogP contribution in [0.4, 0.5) is 11.6 Å². The van der Waals surface area contributed by atoms with Crippen molar-refractivity contribution in [2.24, 2.45) is 0 Å². The van der Waals surface area contributed by atoms with Gasteiger partial charge in [0.25, 0.3) is 5.91 Å². The highest BCUT2D eigenvalue weighted by atomic mass is 35.5. The van der Waals surface area contributed by atoms with Gasteiger partial charge in [-0.3, -0.25) is 9.59 Å². The molecule has 0 radical (unpaired) electrons. The molecule has 0 bridgehead atoms. The molecule has 152 valence electrons. The van der Waals surface area contributed by atoms with Gasteiger partial charge in [-0.2, -0.15) is 0 Å². The summed E-state index contributed by atoms with van der Waals surface area (Å²) in [6.07, 6.45) is 3.76. The fraction of sp³-hybridized carbons (Fsp3) is 0.182. The lowest BCUT2D eigenvalue weighted by molar-refractivity contribution is -0.111. The molecule has 1 aliphatic heterocycles. The van der Waals surface area contributed by atoms with Crippen molar-refractivity contribution in [2.45, 2.75) is 12.5 Å². The van der Waals surface area contributed by atoms with Crippen molar-refractivity contribution in [1.82, 2.24) is 14.9 Å². The molecule has 1 atom stereocenters. The van der Waals surface area contributed by atoms with E-state index in [-0.39, 0.29) is 17.9 Å². The maximum atomic E-state index is 12.8. The Morgan fingerprint density at radius 2 is 2.00 bits per heavy atom. The number of anilines is 2. The van der Waals surface area contributed by atoms with Crippen LogP contribution in [0.2, 0.25) is 5.02 Å². The first kappa shape index (κ1) is 19.8. The van der Waals surface area contributed by atoms with Crippen molar-refractivity contribution in [3.05, 3.63) is 71.9 Å². The average Bonchev–Trinajstić information content (AvgIpc) is 3.22. The summed E-state index contributed by atoms with van der Waals surface area (Å²) in [4.78, 5) is 34.8. The van der Waals surface area contributed by atoms with Gasteiger partial charge in [0.1, 0.15) is 0 Å². The number of likely N-dealkylation sites (tertiary alicyclic amines) is 1. The van der Waals surface area contributed by atoms with Gasteiger partial charge in [-0.15, -0.1) is 0 Å². The van der Waals surface area contributed by atoms with Gasteiger partial charge in [-0.25, -0.2) is 9.97 Å². The van der Waals surface area contributed by atoms with Crippen LogP contribution in [-0.2, 0) is 4.79 Å². The van der Waals surface area contributed by atoms with Gasteiger partial charge in [0.15, 0.2) is 0 Å². The molecule has 30 heavy (non-hydrogen) atoms. The number of hydrogen-bond acceptors (Lipinski definition) is 5. The van der Waals surface area contributed by atoms with Crippen LogP contribution in [0.25, 0.3) is 10.9 Å². The quantitative estimate of drug-likeness (QED) is 0.613. The standard InChI is InChI=1S/C22H20ClN5O2/c1-2-20(29)25-17-7-4-14(5-8-17)21(30)28-10-9-18(13-28)26-22-24-12-15-3-6-16(23)11-19(15)27-22/h2-8,11-12,18H,1,9-10,13H2,(H,25,29)(H,24,26,27)/t18-/m0/s1. The third-order valence-electron chi connectivity index (χ3n) is 4.94. The summed E-state index contributed by atoms with van der Waals surface area (Å²) in [5, 5.41) is 7.52. The van der Waals surface area contributed by atoms with Crippen LogP contribution in [0.3, 0.4) is 0 Å². The maximum Gasteiger partial charge on any atom is 0.253 e. The van der Waals surface area contributed by atoms with Gasteiger partial charge < -0.3 is 15.5 Å². The molecule has 8 heteroatoms. The zero-order valence-corrected chi connectivity index (χ0v) is 16.9. The molecule has 3 aromatic rings. The van der Waals surface area contributed by atoms with Crippen molar-refractivity contribution < 1.29 is 9.59 Å². The van der Waals surface area contributed by atoms with Gasteiger partial charge in [-0.05, 0) is 55.0 Å². The van der Waals surface area contributed by atoms with E-state index in [0.29, 0.717) is 35.3 Å². The van der Waals surface area contributed by atoms with Crippen LogP contribution in [-0.4, -0.2) is 45.8 Å². The lowest BCUT2D eigenvalue weighted by Crippen LogP contribution is -2.31. The Bertz CT molecular complexity index is 1120. The average molecular weight is 422 g/mol. The van der Waals surface area contributed by atoms with Crippen LogP contribution in [0, 0.1) is 0 Å². The van der Waals surface area contributed by atoms with E-state index in [4.69, 9.17) is 11.6 Å². The Morgan fingerprint density at radius 3 is 2.77 bits per heavy atom. The minimum Gasteiger partial charge on any atom is -0.350 e. The van der Waals surface area contributed by atoms with E-state index >= 15 is 0 Å². The molecule has 0 spiro atoms. The SMILES string of the molecule is C=CC(=O)Nc1ccc(C(=O)N2CC[C@H](Nc3ncc4ccc(Cl)cc4n3)C2)cc1. The fourth-order valence-corrected chi connectivity index (χ4v) is 3.55. The number of carbonyl (C=O) groups is 2. The number of hydrogen-bond donors (Lipinski definition) is 2. The monoisotopic (exact) mass is 421 g/mol. The lowest BCUT2D eigenvalue weighted by Gasteiger charge is -2.17. The van der Waals surface area contributed by atoms with E-state index in [1.54, 1.807) is 47.5 Å². The summed E-state index contributed by atoms with van der Waals surface area (Å²) in [5.74, 6) is 0.180. The molecule has 1 aliphatic rings. The number of aromatic nitrogens is 2. The molecule has 2 aromatic carbocycles. The molecular formula is C22H20ClN5O2. The molecule has 0 saturated carbocycles. The lowest BCUT2D eigenvalue weighted by atomic mass is 10.2. The zero-order chi connectivity index (χ0) is 21.1. The zero-order valence-electron chi connectivity index (χ0n) is 16.1. The molecule has 1 fully saturated rings. The number of rotatable bonds is 5. The van der Waals surface area contributed by atoms with Gasteiger partial charge in [-0.1, -0.05) is 18.2 Å². The number of halogens is 1. The van der Waals surface area contributed by atoms with Gasteiger partial charge in [0, 0.05) is 47.0 Å². The second-order valence-electron chi connectivity index (χ2n) is 7.05. The molecule has 1 saturated heterocycles. The van der Waals surface area contributed by atoms with E-state index in [0.717, 1.165) is 17.3 Å². The molecule has 0 aliphatic carbocycles. The minimum atomic E-state index is -0.291. The Labute approximate surface area is 178 Å². The topological polar surface area (TPSA) is 87.2 Å². The van der Waals surface area contributed by atoms with E-state index in [2.05, 4.69) is 27.2 Å². The molecule has 1 aromatic heterocycles. The molecule has 2 N–H and O–H groups in total. The van der Waals surface area contributed by atoms with Crippen molar-refractivity contribution in [2.75, 3.05) is 23.7 Å². The number of nitrogens with zero attached hydrogens (tertiary/aromatic N) is 3. The Kier molecular flexibility index (Phi) is 5.63. The smallest absolute Gasteiger partial charge is 0.253 e. The van der Waals surface area contributed by atoms with Crippen LogP contribution >= 0.6 is 11.6 Å². The summed E-state index contributed by atoms with van der Waals surface area (Å²) in [6.45, 7) is 4.62. The molecule has 4 rings (SSSR count). The van der Waals surface area contributed by atoms with E-state index in [9.17, 15) is 9.59 Å². The van der Waals surface area contributed by atoms with E-state index in [1.165, 1.54) is 6.08 Å². The number of benzene rings is 2. The maximum absolute atomic E-state index is 12.8. The predicted octanol–water partition coefficient (Wildman–Crippen LogP) is 3.73. The van der Waals surface area contributed by atoms with Crippen LogP contribution in [0.15, 0.2) is 61.3 Å². The van der Waals surface area contributed by atoms with Gasteiger partial charge in [0.2, 0.25) is 11.9 Å². The van der Waals surface area contributed by atoms with Crippen LogP contribution in [0.5, 0.6) is 0 Å². The van der Waals surface area contributed by atoms with Gasteiger partial charge >= 0.3 is 0 Å². The first-order valence-corrected chi connectivity index (χ1v) is 9.91. The Morgan fingerprint density at radius 1 is 1.20 bits per heavy atom. The molecular weight excluding hydrogens is 402 g/mol. The summed E-state index contributed by atoms with van der Waals surface area (Å²) >= 11 is 6.05. The van der Waals surface area contributed by atoms with Crippen LogP contribution < -0.4 is 10.6 Å². The number of fused-ring (bicyclic) bond motifs is 1. The Balaban J connectivity index is 1.38. The Hall–Kier alpha value is -3.45. The first-order chi connectivity index (χ1) is 14.5. The highest BCUT2D eigenvalue weighted by molar-refractivity contribution is 6.31. The number of carbonyl (C=O) groups excluding carboxylic acids is 2. The first-order valence-electron chi connectivity index (χ1n) is 9.53. The highest BCUT2D eigenvalue weighted by Gasteiger charge is 2.27. The summed E-state index contributed by atoms with van der Waals surface area (Å²) in [5.41, 5.74) is 1.96. The van der Waals surface area contributed by atoms with E-state index in [1.807, 2.05) is 6.07 Å². The van der Waals surface area contributed by atoms with Crippen molar-refractivity contribution >= 4 is 46.0 Å². The largest absolute Gasteiger partial charge is 0.350 e. The summed E-state index contributed by atoms with van der Waals surface area (Å²) in [6, 6.07) is 12.4.